The van der Waals surface area contributed by atoms with Crippen molar-refractivity contribution < 1.29 is 4.79 Å². The Balaban J connectivity index is 2.27. The van der Waals surface area contributed by atoms with Gasteiger partial charge in [0.05, 0.1) is 10.0 Å². The van der Waals surface area contributed by atoms with Gasteiger partial charge < -0.3 is 16.0 Å². The summed E-state index contributed by atoms with van der Waals surface area (Å²) in [5, 5.41) is 4.37. The lowest BCUT2D eigenvalue weighted by molar-refractivity contribution is 0.100. The first-order valence-corrected chi connectivity index (χ1v) is 7.88. The molecule has 0 aromatic heterocycles. The highest BCUT2D eigenvalue weighted by molar-refractivity contribution is 6.42. The molecule has 0 aliphatic carbocycles. The molecular formula is C17H19Cl2N3O. The Hall–Kier alpha value is -1.75. The molecule has 0 saturated heterocycles. The molecule has 0 spiro atoms. The van der Waals surface area contributed by atoms with Crippen LogP contribution in [0.1, 0.15) is 21.5 Å². The van der Waals surface area contributed by atoms with E-state index < -0.39 is 5.91 Å². The van der Waals surface area contributed by atoms with Crippen molar-refractivity contribution in [1.29, 1.82) is 0 Å². The predicted molar refractivity (Wildman–Crippen MR) is 96.1 cm³/mol. The Bertz CT molecular complexity index is 717. The zero-order valence-corrected chi connectivity index (χ0v) is 14.6. The Morgan fingerprint density at radius 3 is 2.57 bits per heavy atom. The first-order valence-electron chi connectivity index (χ1n) is 7.12. The minimum Gasteiger partial charge on any atom is -0.381 e. The van der Waals surface area contributed by atoms with Crippen molar-refractivity contribution in [1.82, 2.24) is 4.90 Å². The number of nitrogens with two attached hydrogens (primary N) is 1. The van der Waals surface area contributed by atoms with Crippen LogP contribution in [0.5, 0.6) is 0 Å². The number of rotatable bonds is 6. The largest absolute Gasteiger partial charge is 0.381 e. The van der Waals surface area contributed by atoms with E-state index in [4.69, 9.17) is 28.9 Å². The van der Waals surface area contributed by atoms with Crippen LogP contribution < -0.4 is 11.1 Å². The maximum atomic E-state index is 11.4. The molecule has 0 fully saturated rings. The maximum absolute atomic E-state index is 11.4. The predicted octanol–water partition coefficient (Wildman–Crippen LogP) is 3.77. The van der Waals surface area contributed by atoms with Crippen LogP contribution in [0, 0.1) is 0 Å². The number of carbonyl (C=O) groups excluding carboxylic acids is 1. The number of nitrogens with zero attached hydrogens (tertiary/aromatic N) is 1. The van der Waals surface area contributed by atoms with Gasteiger partial charge in [-0.1, -0.05) is 41.4 Å². The smallest absolute Gasteiger partial charge is 0.248 e. The Morgan fingerprint density at radius 2 is 1.91 bits per heavy atom. The van der Waals surface area contributed by atoms with Crippen LogP contribution in [0.4, 0.5) is 5.69 Å². The normalized spacial score (nSPS) is 10.8. The van der Waals surface area contributed by atoms with Gasteiger partial charge in [-0.2, -0.15) is 0 Å². The topological polar surface area (TPSA) is 58.4 Å². The third-order valence-electron chi connectivity index (χ3n) is 3.38. The molecule has 0 bridgehead atoms. The van der Waals surface area contributed by atoms with E-state index in [0.717, 1.165) is 23.4 Å². The molecule has 1 amide bonds. The van der Waals surface area contributed by atoms with Gasteiger partial charge in [0.15, 0.2) is 0 Å². The summed E-state index contributed by atoms with van der Waals surface area (Å²) in [4.78, 5) is 13.5. The SMILES string of the molecule is CN(C)Cc1ccc(C(N)=O)cc1NCc1cccc(Cl)c1Cl. The van der Waals surface area contributed by atoms with E-state index in [9.17, 15) is 4.79 Å². The van der Waals surface area contributed by atoms with Crippen LogP contribution in [0.3, 0.4) is 0 Å². The summed E-state index contributed by atoms with van der Waals surface area (Å²) >= 11 is 12.2. The Morgan fingerprint density at radius 1 is 1.17 bits per heavy atom. The van der Waals surface area contributed by atoms with Gasteiger partial charge >= 0.3 is 0 Å². The van der Waals surface area contributed by atoms with Crippen LogP contribution >= 0.6 is 23.2 Å². The van der Waals surface area contributed by atoms with E-state index in [1.165, 1.54) is 0 Å². The highest BCUT2D eigenvalue weighted by Crippen LogP contribution is 2.27. The quantitative estimate of drug-likeness (QED) is 0.832. The van der Waals surface area contributed by atoms with Gasteiger partial charge in [-0.25, -0.2) is 0 Å². The first-order chi connectivity index (χ1) is 10.9. The second-order valence-corrected chi connectivity index (χ2v) is 6.33. The highest BCUT2D eigenvalue weighted by atomic mass is 35.5. The van der Waals surface area contributed by atoms with Crippen molar-refractivity contribution in [2.24, 2.45) is 5.73 Å². The van der Waals surface area contributed by atoms with Crippen LogP contribution in [0.2, 0.25) is 10.0 Å². The Labute approximate surface area is 146 Å². The molecule has 0 aliphatic heterocycles. The summed E-state index contributed by atoms with van der Waals surface area (Å²) in [6.07, 6.45) is 0. The molecular weight excluding hydrogens is 333 g/mol. The summed E-state index contributed by atoms with van der Waals surface area (Å²) < 4.78 is 0. The van der Waals surface area contributed by atoms with E-state index >= 15 is 0 Å². The van der Waals surface area contributed by atoms with Crippen LogP contribution in [-0.2, 0) is 13.1 Å². The number of carbonyl (C=O) groups is 1. The van der Waals surface area contributed by atoms with Gasteiger partial charge in [0.2, 0.25) is 5.91 Å². The van der Waals surface area contributed by atoms with E-state index in [1.54, 1.807) is 18.2 Å². The van der Waals surface area contributed by atoms with Gasteiger partial charge in [0.25, 0.3) is 0 Å². The van der Waals surface area contributed by atoms with E-state index in [-0.39, 0.29) is 0 Å². The summed E-state index contributed by atoms with van der Waals surface area (Å²) in [7, 11) is 3.97. The molecule has 0 atom stereocenters. The number of anilines is 1. The van der Waals surface area contributed by atoms with Gasteiger partial charge in [-0.3, -0.25) is 4.79 Å². The Kier molecular flexibility index (Phi) is 5.88. The number of nitrogens with one attached hydrogen (secondary N) is 1. The summed E-state index contributed by atoms with van der Waals surface area (Å²) in [5.74, 6) is -0.453. The number of benzene rings is 2. The number of hydrogen-bond donors (Lipinski definition) is 2. The number of hydrogen-bond acceptors (Lipinski definition) is 3. The average Bonchev–Trinajstić information content (AvgIpc) is 2.49. The van der Waals surface area contributed by atoms with Crippen molar-refractivity contribution in [3.63, 3.8) is 0 Å². The van der Waals surface area contributed by atoms with E-state index in [2.05, 4.69) is 10.2 Å². The van der Waals surface area contributed by atoms with Crippen LogP contribution in [0.15, 0.2) is 36.4 Å². The van der Waals surface area contributed by atoms with Crippen LogP contribution in [0.25, 0.3) is 0 Å². The molecule has 0 unspecified atom stereocenters. The molecule has 0 radical (unpaired) electrons. The van der Waals surface area contributed by atoms with Gasteiger partial charge in [-0.05, 0) is 43.4 Å². The minimum atomic E-state index is -0.453. The van der Waals surface area contributed by atoms with E-state index in [0.29, 0.717) is 22.2 Å². The molecule has 23 heavy (non-hydrogen) atoms. The lowest BCUT2D eigenvalue weighted by Gasteiger charge is -2.17. The van der Waals surface area contributed by atoms with Crippen molar-refractivity contribution in [3.05, 3.63) is 63.1 Å². The molecule has 6 heteroatoms. The summed E-state index contributed by atoms with van der Waals surface area (Å²) in [6.45, 7) is 1.24. The zero-order chi connectivity index (χ0) is 17.0. The van der Waals surface area contributed by atoms with Crippen molar-refractivity contribution in [3.8, 4) is 0 Å². The molecule has 3 N–H and O–H groups in total. The maximum Gasteiger partial charge on any atom is 0.248 e. The summed E-state index contributed by atoms with van der Waals surface area (Å²) in [5.41, 5.74) is 8.64. The fraction of sp³-hybridized carbons (Fsp3) is 0.235. The van der Waals surface area contributed by atoms with E-state index in [1.807, 2.05) is 32.3 Å². The second kappa shape index (κ2) is 7.68. The molecule has 0 aliphatic rings. The standard InChI is InChI=1S/C17H19Cl2N3O/c1-22(2)10-13-7-6-11(17(20)23)8-15(13)21-9-12-4-3-5-14(18)16(12)19/h3-8,21H,9-10H2,1-2H3,(H2,20,23). The highest BCUT2D eigenvalue weighted by Gasteiger charge is 2.10. The van der Waals surface area contributed by atoms with Gasteiger partial charge in [-0.15, -0.1) is 0 Å². The van der Waals surface area contributed by atoms with Crippen molar-refractivity contribution in [2.75, 3.05) is 19.4 Å². The van der Waals surface area contributed by atoms with Crippen molar-refractivity contribution in [2.45, 2.75) is 13.1 Å². The molecule has 2 aromatic rings. The van der Waals surface area contributed by atoms with Gasteiger partial charge in [0.1, 0.15) is 0 Å². The number of amides is 1. The second-order valence-electron chi connectivity index (χ2n) is 5.54. The lowest BCUT2D eigenvalue weighted by atomic mass is 10.1. The molecule has 0 heterocycles. The zero-order valence-electron chi connectivity index (χ0n) is 13.1. The number of halogens is 2. The molecule has 0 saturated carbocycles. The monoisotopic (exact) mass is 351 g/mol. The molecule has 2 rings (SSSR count). The summed E-state index contributed by atoms with van der Waals surface area (Å²) in [6, 6.07) is 10.9. The minimum absolute atomic E-state index is 0.453. The third-order valence-corrected chi connectivity index (χ3v) is 4.24. The van der Waals surface area contributed by atoms with Crippen LogP contribution in [-0.4, -0.2) is 24.9 Å². The number of primary amides is 1. The molecule has 122 valence electrons. The fourth-order valence-electron chi connectivity index (χ4n) is 2.25. The van der Waals surface area contributed by atoms with Gasteiger partial charge in [0, 0.05) is 24.3 Å². The average molecular weight is 352 g/mol. The molecule has 4 nitrogen and oxygen atoms in total. The fourth-order valence-corrected chi connectivity index (χ4v) is 2.64. The molecule has 2 aromatic carbocycles. The van der Waals surface area contributed by atoms with Crippen molar-refractivity contribution >= 4 is 34.8 Å². The lowest BCUT2D eigenvalue weighted by Crippen LogP contribution is -2.15. The first kappa shape index (κ1) is 17.6. The third kappa shape index (κ3) is 4.61.